The van der Waals surface area contributed by atoms with Crippen molar-refractivity contribution in [2.75, 3.05) is 6.61 Å². The molecule has 0 fully saturated rings. The SMILES string of the molecule is Cl.O=c1ncc(CCO)c[nH]1. The van der Waals surface area contributed by atoms with Crippen LogP contribution >= 0.6 is 12.4 Å². The molecule has 0 atom stereocenters. The van der Waals surface area contributed by atoms with Crippen LogP contribution in [0.4, 0.5) is 0 Å². The molecule has 1 aromatic heterocycles. The number of H-pyrrole nitrogens is 1. The molecule has 62 valence electrons. The monoisotopic (exact) mass is 176 g/mol. The average molecular weight is 177 g/mol. The lowest BCUT2D eigenvalue weighted by Gasteiger charge is -1.92. The van der Waals surface area contributed by atoms with Crippen molar-refractivity contribution in [2.24, 2.45) is 0 Å². The van der Waals surface area contributed by atoms with Gasteiger partial charge in [0.1, 0.15) is 0 Å². The maximum Gasteiger partial charge on any atom is 0.344 e. The maximum absolute atomic E-state index is 10.4. The van der Waals surface area contributed by atoms with E-state index in [0.29, 0.717) is 6.42 Å². The van der Waals surface area contributed by atoms with E-state index in [4.69, 9.17) is 5.11 Å². The van der Waals surface area contributed by atoms with Crippen LogP contribution in [0.15, 0.2) is 17.2 Å². The van der Waals surface area contributed by atoms with Crippen molar-refractivity contribution in [2.45, 2.75) is 6.42 Å². The van der Waals surface area contributed by atoms with Gasteiger partial charge in [0.2, 0.25) is 0 Å². The van der Waals surface area contributed by atoms with Crippen molar-refractivity contribution in [1.82, 2.24) is 9.97 Å². The van der Waals surface area contributed by atoms with Crippen LogP contribution < -0.4 is 5.69 Å². The summed E-state index contributed by atoms with van der Waals surface area (Å²) in [6.45, 7) is 0.0771. The van der Waals surface area contributed by atoms with Crippen LogP contribution in [-0.4, -0.2) is 21.7 Å². The molecule has 5 heteroatoms. The number of aromatic nitrogens is 2. The van der Waals surface area contributed by atoms with E-state index in [2.05, 4.69) is 9.97 Å². The van der Waals surface area contributed by atoms with Crippen LogP contribution in [0, 0.1) is 0 Å². The molecule has 0 aromatic carbocycles. The Balaban J connectivity index is 0.000001000. The minimum Gasteiger partial charge on any atom is -0.396 e. The molecule has 0 aliphatic carbocycles. The zero-order chi connectivity index (χ0) is 7.40. The standard InChI is InChI=1S/C6H8N2O2.ClH/c9-2-1-5-3-7-6(10)8-4-5;/h3-4,9H,1-2H2,(H,7,8,10);1H. The minimum absolute atomic E-state index is 0. The summed E-state index contributed by atoms with van der Waals surface area (Å²) < 4.78 is 0. The second kappa shape index (κ2) is 4.87. The Kier molecular flexibility index (Phi) is 4.49. The lowest BCUT2D eigenvalue weighted by Crippen LogP contribution is -2.09. The highest BCUT2D eigenvalue weighted by atomic mass is 35.5. The summed E-state index contributed by atoms with van der Waals surface area (Å²) in [5.74, 6) is 0. The van der Waals surface area contributed by atoms with Gasteiger partial charge in [-0.15, -0.1) is 12.4 Å². The second-order valence-electron chi connectivity index (χ2n) is 1.90. The van der Waals surface area contributed by atoms with Crippen molar-refractivity contribution < 1.29 is 5.11 Å². The van der Waals surface area contributed by atoms with Crippen LogP contribution in [0.2, 0.25) is 0 Å². The summed E-state index contributed by atoms with van der Waals surface area (Å²) in [5, 5.41) is 8.47. The molecule has 0 bridgehead atoms. The molecular weight excluding hydrogens is 168 g/mol. The first-order valence-corrected chi connectivity index (χ1v) is 2.97. The molecule has 1 heterocycles. The molecular formula is C6H9ClN2O2. The van der Waals surface area contributed by atoms with Gasteiger partial charge in [-0.25, -0.2) is 9.78 Å². The van der Waals surface area contributed by atoms with Gasteiger partial charge in [-0.1, -0.05) is 0 Å². The van der Waals surface area contributed by atoms with Crippen LogP contribution in [0.25, 0.3) is 0 Å². The van der Waals surface area contributed by atoms with Gasteiger partial charge in [0, 0.05) is 19.0 Å². The number of nitrogens with zero attached hydrogens (tertiary/aromatic N) is 1. The van der Waals surface area contributed by atoms with E-state index in [1.165, 1.54) is 6.20 Å². The molecule has 0 saturated heterocycles. The second-order valence-corrected chi connectivity index (χ2v) is 1.90. The topological polar surface area (TPSA) is 66.0 Å². The number of nitrogens with one attached hydrogen (secondary N) is 1. The van der Waals surface area contributed by atoms with E-state index in [9.17, 15) is 4.79 Å². The van der Waals surface area contributed by atoms with Gasteiger partial charge in [-0.2, -0.15) is 0 Å². The van der Waals surface area contributed by atoms with Crippen molar-refractivity contribution in [3.05, 3.63) is 28.4 Å². The zero-order valence-corrected chi connectivity index (χ0v) is 6.60. The highest BCUT2D eigenvalue weighted by Crippen LogP contribution is 1.89. The molecule has 0 amide bonds. The summed E-state index contributed by atoms with van der Waals surface area (Å²) in [4.78, 5) is 16.3. The Labute approximate surface area is 69.7 Å². The van der Waals surface area contributed by atoms with Crippen molar-refractivity contribution >= 4 is 12.4 Å². The van der Waals surface area contributed by atoms with E-state index in [0.717, 1.165) is 5.56 Å². The van der Waals surface area contributed by atoms with Crippen molar-refractivity contribution in [1.29, 1.82) is 0 Å². The number of hydrogen-bond acceptors (Lipinski definition) is 3. The Morgan fingerprint density at radius 2 is 2.36 bits per heavy atom. The Bertz CT molecular complexity index is 241. The quantitative estimate of drug-likeness (QED) is 0.652. The molecule has 4 nitrogen and oxygen atoms in total. The molecule has 1 rings (SSSR count). The molecule has 0 unspecified atom stereocenters. The molecule has 0 saturated carbocycles. The first-order chi connectivity index (χ1) is 4.83. The molecule has 0 radical (unpaired) electrons. The van der Waals surface area contributed by atoms with E-state index in [1.807, 2.05) is 0 Å². The summed E-state index contributed by atoms with van der Waals surface area (Å²) >= 11 is 0. The Hall–Kier alpha value is -0.870. The molecule has 2 N–H and O–H groups in total. The van der Waals surface area contributed by atoms with Gasteiger partial charge in [0.25, 0.3) is 0 Å². The summed E-state index contributed by atoms with van der Waals surface area (Å²) in [6, 6.07) is 0. The number of halogens is 1. The normalized spacial score (nSPS) is 8.82. The summed E-state index contributed by atoms with van der Waals surface area (Å²) in [6.07, 6.45) is 3.53. The molecule has 0 spiro atoms. The summed E-state index contributed by atoms with van der Waals surface area (Å²) in [7, 11) is 0. The van der Waals surface area contributed by atoms with Gasteiger partial charge in [-0.05, 0) is 12.0 Å². The lowest BCUT2D eigenvalue weighted by molar-refractivity contribution is 0.299. The van der Waals surface area contributed by atoms with Crippen molar-refractivity contribution in [3.8, 4) is 0 Å². The molecule has 0 aliphatic rings. The highest BCUT2D eigenvalue weighted by Gasteiger charge is 1.89. The Morgan fingerprint density at radius 3 is 2.82 bits per heavy atom. The molecule has 1 aromatic rings. The van der Waals surface area contributed by atoms with Gasteiger partial charge < -0.3 is 10.1 Å². The van der Waals surface area contributed by atoms with Crippen molar-refractivity contribution in [3.63, 3.8) is 0 Å². The van der Waals surface area contributed by atoms with Crippen LogP contribution in [0.5, 0.6) is 0 Å². The number of aromatic amines is 1. The predicted molar refractivity (Wildman–Crippen MR) is 42.9 cm³/mol. The third-order valence-electron chi connectivity index (χ3n) is 1.13. The van der Waals surface area contributed by atoms with Gasteiger partial charge >= 0.3 is 5.69 Å². The van der Waals surface area contributed by atoms with Gasteiger partial charge in [0.05, 0.1) is 0 Å². The van der Waals surface area contributed by atoms with E-state index in [1.54, 1.807) is 6.20 Å². The fourth-order valence-corrected chi connectivity index (χ4v) is 0.636. The van der Waals surface area contributed by atoms with Crippen LogP contribution in [0.1, 0.15) is 5.56 Å². The smallest absolute Gasteiger partial charge is 0.344 e. The third-order valence-corrected chi connectivity index (χ3v) is 1.13. The summed E-state index contributed by atoms with van der Waals surface area (Å²) in [5.41, 5.74) is 0.476. The van der Waals surface area contributed by atoms with E-state index in [-0.39, 0.29) is 24.7 Å². The largest absolute Gasteiger partial charge is 0.396 e. The number of rotatable bonds is 2. The third kappa shape index (κ3) is 3.15. The van der Waals surface area contributed by atoms with E-state index >= 15 is 0 Å². The predicted octanol–water partition coefficient (Wildman–Crippen LogP) is -0.274. The molecule has 0 aliphatic heterocycles. The number of aliphatic hydroxyl groups excluding tert-OH is 1. The van der Waals surface area contributed by atoms with Gasteiger partial charge in [-0.3, -0.25) is 0 Å². The fraction of sp³-hybridized carbons (Fsp3) is 0.333. The van der Waals surface area contributed by atoms with Gasteiger partial charge in [0.15, 0.2) is 0 Å². The lowest BCUT2D eigenvalue weighted by atomic mass is 10.3. The fourth-order valence-electron chi connectivity index (χ4n) is 0.636. The van der Waals surface area contributed by atoms with E-state index < -0.39 is 0 Å². The first-order valence-electron chi connectivity index (χ1n) is 2.97. The zero-order valence-electron chi connectivity index (χ0n) is 5.78. The molecule has 11 heavy (non-hydrogen) atoms. The van der Waals surface area contributed by atoms with Crippen LogP contribution in [-0.2, 0) is 6.42 Å². The maximum atomic E-state index is 10.4. The number of hydrogen-bond donors (Lipinski definition) is 2. The van der Waals surface area contributed by atoms with Crippen LogP contribution in [0.3, 0.4) is 0 Å². The minimum atomic E-state index is -0.360. The average Bonchev–Trinajstić information content (AvgIpc) is 1.95. The first kappa shape index (κ1) is 10.1. The Morgan fingerprint density at radius 1 is 1.64 bits per heavy atom. The highest BCUT2D eigenvalue weighted by molar-refractivity contribution is 5.85. The number of aliphatic hydroxyl groups is 1.